The number of nitrogens with zero attached hydrogens (tertiary/aromatic N) is 1. The summed E-state index contributed by atoms with van der Waals surface area (Å²) in [5, 5.41) is 5.44. The van der Waals surface area contributed by atoms with Crippen molar-refractivity contribution < 1.29 is 19.1 Å². The van der Waals surface area contributed by atoms with Crippen molar-refractivity contribution in [2.75, 3.05) is 19.0 Å². The van der Waals surface area contributed by atoms with Crippen LogP contribution in [0.2, 0.25) is 0 Å². The third-order valence-corrected chi connectivity index (χ3v) is 3.71. The number of nitrogens with one attached hydrogen (secondary N) is 2. The van der Waals surface area contributed by atoms with Crippen molar-refractivity contribution in [3.05, 3.63) is 58.9 Å². The Labute approximate surface area is 138 Å². The Kier molecular flexibility index (Phi) is 4.24. The van der Waals surface area contributed by atoms with Crippen molar-refractivity contribution in [3.63, 3.8) is 0 Å². The van der Waals surface area contributed by atoms with Crippen molar-refractivity contribution in [2.45, 2.75) is 6.42 Å². The standard InChI is InChI=1S/C17H15N3O4/c1-24-17(23)11-5-6-18-14(8-11)16(22)20-12-3-2-10-4-7-19-15(21)13(10)9-12/h2-3,5-6,8-9H,4,7H2,1H3,(H,19,21)(H,20,22). The molecule has 0 saturated carbocycles. The molecule has 122 valence electrons. The highest BCUT2D eigenvalue weighted by atomic mass is 16.5. The van der Waals surface area contributed by atoms with E-state index in [0.717, 1.165) is 12.0 Å². The Balaban J connectivity index is 1.81. The van der Waals surface area contributed by atoms with Crippen molar-refractivity contribution in [3.8, 4) is 0 Å². The third-order valence-electron chi connectivity index (χ3n) is 3.71. The number of anilines is 1. The average Bonchev–Trinajstić information content (AvgIpc) is 2.62. The lowest BCUT2D eigenvalue weighted by molar-refractivity contribution is 0.0600. The molecule has 2 aromatic rings. The van der Waals surface area contributed by atoms with Crippen molar-refractivity contribution in [1.82, 2.24) is 10.3 Å². The maximum atomic E-state index is 12.3. The highest BCUT2D eigenvalue weighted by Crippen LogP contribution is 2.19. The molecule has 7 heteroatoms. The molecular formula is C17H15N3O4. The zero-order valence-electron chi connectivity index (χ0n) is 13.0. The predicted octanol–water partition coefficient (Wildman–Crippen LogP) is 1.41. The number of amides is 2. The molecule has 7 nitrogen and oxygen atoms in total. The molecule has 0 fully saturated rings. The SMILES string of the molecule is COC(=O)c1ccnc(C(=O)Nc2ccc3c(c2)C(=O)NCC3)c1. The van der Waals surface area contributed by atoms with E-state index in [-0.39, 0.29) is 17.2 Å². The summed E-state index contributed by atoms with van der Waals surface area (Å²) < 4.78 is 4.62. The molecular weight excluding hydrogens is 310 g/mol. The highest BCUT2D eigenvalue weighted by molar-refractivity contribution is 6.05. The lowest BCUT2D eigenvalue weighted by Crippen LogP contribution is -2.31. The molecule has 2 heterocycles. The van der Waals surface area contributed by atoms with E-state index in [9.17, 15) is 14.4 Å². The molecule has 1 aliphatic rings. The topological polar surface area (TPSA) is 97.4 Å². The predicted molar refractivity (Wildman–Crippen MR) is 86.0 cm³/mol. The number of ether oxygens (including phenoxy) is 1. The first kappa shape index (κ1) is 15.7. The number of hydrogen-bond acceptors (Lipinski definition) is 5. The highest BCUT2D eigenvalue weighted by Gasteiger charge is 2.18. The van der Waals surface area contributed by atoms with Gasteiger partial charge in [-0.3, -0.25) is 14.6 Å². The van der Waals surface area contributed by atoms with Gasteiger partial charge in [-0.05, 0) is 36.2 Å². The lowest BCUT2D eigenvalue weighted by Gasteiger charge is -2.17. The van der Waals surface area contributed by atoms with Crippen LogP contribution in [-0.2, 0) is 11.2 Å². The number of fused-ring (bicyclic) bond motifs is 1. The molecule has 1 aromatic carbocycles. The van der Waals surface area contributed by atoms with Crippen LogP contribution in [0.5, 0.6) is 0 Å². The van der Waals surface area contributed by atoms with Crippen LogP contribution < -0.4 is 10.6 Å². The van der Waals surface area contributed by atoms with Crippen LogP contribution in [0.4, 0.5) is 5.69 Å². The van der Waals surface area contributed by atoms with Crippen molar-refractivity contribution in [2.24, 2.45) is 0 Å². The molecule has 0 radical (unpaired) electrons. The fraction of sp³-hybridized carbons (Fsp3) is 0.176. The van der Waals surface area contributed by atoms with Crippen LogP contribution in [0.25, 0.3) is 0 Å². The Bertz CT molecular complexity index is 832. The van der Waals surface area contributed by atoms with E-state index in [1.807, 2.05) is 6.07 Å². The Morgan fingerprint density at radius 1 is 1.25 bits per heavy atom. The van der Waals surface area contributed by atoms with Crippen LogP contribution in [-0.4, -0.2) is 36.4 Å². The lowest BCUT2D eigenvalue weighted by atomic mass is 10.00. The first-order valence-corrected chi connectivity index (χ1v) is 7.35. The number of carbonyl (C=O) groups is 3. The van der Waals surface area contributed by atoms with Gasteiger partial charge in [0, 0.05) is 24.0 Å². The summed E-state index contributed by atoms with van der Waals surface area (Å²) in [4.78, 5) is 39.6. The number of hydrogen-bond donors (Lipinski definition) is 2. The minimum absolute atomic E-state index is 0.0834. The second kappa shape index (κ2) is 6.49. The minimum Gasteiger partial charge on any atom is -0.465 e. The van der Waals surface area contributed by atoms with Gasteiger partial charge < -0.3 is 15.4 Å². The van der Waals surface area contributed by atoms with E-state index >= 15 is 0 Å². The van der Waals surface area contributed by atoms with Gasteiger partial charge in [-0.1, -0.05) is 6.07 Å². The third kappa shape index (κ3) is 3.10. The summed E-state index contributed by atoms with van der Waals surface area (Å²) >= 11 is 0. The van der Waals surface area contributed by atoms with E-state index in [1.54, 1.807) is 12.1 Å². The van der Waals surface area contributed by atoms with Crippen molar-refractivity contribution in [1.29, 1.82) is 0 Å². The number of methoxy groups -OCH3 is 1. The fourth-order valence-electron chi connectivity index (χ4n) is 2.48. The molecule has 2 N–H and O–H groups in total. The van der Waals surface area contributed by atoms with E-state index in [1.165, 1.54) is 25.4 Å². The summed E-state index contributed by atoms with van der Waals surface area (Å²) in [6, 6.07) is 8.01. The summed E-state index contributed by atoms with van der Waals surface area (Å²) in [5.74, 6) is -1.17. The second-order valence-electron chi connectivity index (χ2n) is 5.25. The Hall–Kier alpha value is -3.22. The molecule has 0 unspecified atom stereocenters. The van der Waals surface area contributed by atoms with Crippen molar-refractivity contribution >= 4 is 23.5 Å². The van der Waals surface area contributed by atoms with Gasteiger partial charge in [0.05, 0.1) is 12.7 Å². The summed E-state index contributed by atoms with van der Waals surface area (Å²) in [5.41, 5.74) is 2.31. The van der Waals surface area contributed by atoms with Gasteiger partial charge in [0.2, 0.25) is 0 Å². The molecule has 1 aliphatic heterocycles. The van der Waals surface area contributed by atoms with Crippen LogP contribution in [0.15, 0.2) is 36.5 Å². The monoisotopic (exact) mass is 325 g/mol. The summed E-state index contributed by atoms with van der Waals surface area (Å²) in [6.45, 7) is 0.613. The first-order chi connectivity index (χ1) is 11.6. The van der Waals surface area contributed by atoms with Crippen LogP contribution in [0.3, 0.4) is 0 Å². The molecule has 3 rings (SSSR count). The average molecular weight is 325 g/mol. The smallest absolute Gasteiger partial charge is 0.337 e. The maximum Gasteiger partial charge on any atom is 0.337 e. The first-order valence-electron chi connectivity index (χ1n) is 7.35. The molecule has 0 aliphatic carbocycles. The molecule has 0 saturated heterocycles. The van der Waals surface area contributed by atoms with Crippen LogP contribution in [0, 0.1) is 0 Å². The van der Waals surface area contributed by atoms with E-state index in [2.05, 4.69) is 20.4 Å². The molecule has 0 atom stereocenters. The zero-order valence-corrected chi connectivity index (χ0v) is 13.0. The van der Waals surface area contributed by atoms with Gasteiger partial charge in [0.25, 0.3) is 11.8 Å². The summed E-state index contributed by atoms with van der Waals surface area (Å²) in [7, 11) is 1.26. The molecule has 0 bridgehead atoms. The van der Waals surface area contributed by atoms with E-state index in [0.29, 0.717) is 17.8 Å². The van der Waals surface area contributed by atoms with Gasteiger partial charge in [0.15, 0.2) is 0 Å². The van der Waals surface area contributed by atoms with Gasteiger partial charge in [-0.25, -0.2) is 4.79 Å². The number of esters is 1. The number of benzene rings is 1. The van der Waals surface area contributed by atoms with Gasteiger partial charge in [0.1, 0.15) is 5.69 Å². The van der Waals surface area contributed by atoms with Crippen LogP contribution in [0.1, 0.15) is 36.8 Å². The largest absolute Gasteiger partial charge is 0.465 e. The van der Waals surface area contributed by atoms with Gasteiger partial charge in [-0.2, -0.15) is 0 Å². The maximum absolute atomic E-state index is 12.3. The van der Waals surface area contributed by atoms with E-state index < -0.39 is 11.9 Å². The molecule has 0 spiro atoms. The van der Waals surface area contributed by atoms with Gasteiger partial charge in [-0.15, -0.1) is 0 Å². The second-order valence-corrected chi connectivity index (χ2v) is 5.25. The Morgan fingerprint density at radius 2 is 2.08 bits per heavy atom. The zero-order chi connectivity index (χ0) is 17.1. The van der Waals surface area contributed by atoms with E-state index in [4.69, 9.17) is 0 Å². The molecule has 24 heavy (non-hydrogen) atoms. The normalized spacial score (nSPS) is 12.8. The summed E-state index contributed by atoms with van der Waals surface area (Å²) in [6.07, 6.45) is 2.12. The Morgan fingerprint density at radius 3 is 2.88 bits per heavy atom. The van der Waals surface area contributed by atoms with Crippen LogP contribution >= 0.6 is 0 Å². The molecule has 1 aromatic heterocycles. The number of carbonyl (C=O) groups excluding carboxylic acids is 3. The minimum atomic E-state index is -0.545. The number of rotatable bonds is 3. The molecule has 2 amide bonds. The number of pyridine rings is 1. The number of aromatic nitrogens is 1. The fourth-order valence-corrected chi connectivity index (χ4v) is 2.48. The van der Waals surface area contributed by atoms with Gasteiger partial charge >= 0.3 is 5.97 Å². The quantitative estimate of drug-likeness (QED) is 0.832.